The van der Waals surface area contributed by atoms with Gasteiger partial charge >= 0.3 is 5.97 Å². The number of benzene rings is 1. The van der Waals surface area contributed by atoms with Crippen LogP contribution in [0.15, 0.2) is 35.5 Å². The van der Waals surface area contributed by atoms with Crippen molar-refractivity contribution in [2.45, 2.75) is 33.7 Å². The molecular weight excluding hydrogens is 471 g/mol. The van der Waals surface area contributed by atoms with Crippen molar-refractivity contribution in [1.29, 1.82) is 0 Å². The molecule has 9 heteroatoms. The standard InChI is InChI=1S/C23H29ClN4O2.2ClH/c1-4-16-11-20-21(25-19-6-5-18(24)12-17(19)14-28(20)13-16)27-9-7-26(8-10-27)15-23(2,3)22(29)30;;/h5-6,11-13H,4,7-10,14-15H2,1-3H3,(H,29,30);2*1H. The van der Waals surface area contributed by atoms with Gasteiger partial charge in [-0.1, -0.05) is 18.5 Å². The van der Waals surface area contributed by atoms with Crippen LogP contribution >= 0.6 is 36.4 Å². The second-order valence-electron chi connectivity index (χ2n) is 8.88. The first kappa shape index (κ1) is 26.5. The summed E-state index contributed by atoms with van der Waals surface area (Å²) in [6, 6.07) is 8.14. The highest BCUT2D eigenvalue weighted by Crippen LogP contribution is 2.30. The van der Waals surface area contributed by atoms with Crippen LogP contribution in [0.1, 0.15) is 37.6 Å². The normalized spacial score (nSPS) is 16.1. The van der Waals surface area contributed by atoms with Gasteiger partial charge in [-0.3, -0.25) is 9.69 Å². The van der Waals surface area contributed by atoms with Gasteiger partial charge in [-0.25, -0.2) is 4.99 Å². The molecule has 1 N–H and O–H groups in total. The molecule has 0 bridgehead atoms. The Labute approximate surface area is 207 Å². The molecule has 1 fully saturated rings. The molecule has 0 saturated carbocycles. The van der Waals surface area contributed by atoms with Crippen LogP contribution in [-0.2, 0) is 17.8 Å². The zero-order valence-electron chi connectivity index (χ0n) is 18.7. The van der Waals surface area contributed by atoms with Crippen molar-refractivity contribution in [3.63, 3.8) is 0 Å². The second kappa shape index (κ2) is 10.5. The third kappa shape index (κ3) is 5.42. The molecule has 32 heavy (non-hydrogen) atoms. The number of carboxylic acids is 1. The van der Waals surface area contributed by atoms with Gasteiger partial charge in [0.1, 0.15) is 0 Å². The maximum Gasteiger partial charge on any atom is 0.310 e. The fraction of sp³-hybridized carbons (Fsp3) is 0.478. The fourth-order valence-electron chi connectivity index (χ4n) is 4.20. The van der Waals surface area contributed by atoms with Crippen molar-refractivity contribution in [3.8, 4) is 0 Å². The summed E-state index contributed by atoms with van der Waals surface area (Å²) in [6.07, 6.45) is 3.19. The van der Waals surface area contributed by atoms with E-state index in [9.17, 15) is 9.90 Å². The number of hydrogen-bond acceptors (Lipinski definition) is 4. The van der Waals surface area contributed by atoms with Gasteiger partial charge in [0.05, 0.1) is 16.8 Å². The average Bonchev–Trinajstić information content (AvgIpc) is 3.04. The van der Waals surface area contributed by atoms with E-state index in [1.807, 2.05) is 18.2 Å². The topological polar surface area (TPSA) is 61.1 Å². The minimum absolute atomic E-state index is 0. The number of aryl methyl sites for hydroxylation is 1. The summed E-state index contributed by atoms with van der Waals surface area (Å²) in [5, 5.41) is 10.2. The van der Waals surface area contributed by atoms with Gasteiger partial charge in [-0.15, -0.1) is 24.8 Å². The SMILES string of the molecule is CCc1cc2n(c1)Cc1cc(Cl)ccc1N=C2N1CCN(CC(C)(C)C(=O)O)CC1.Cl.Cl. The molecule has 2 aliphatic rings. The first-order chi connectivity index (χ1) is 14.3. The second-order valence-corrected chi connectivity index (χ2v) is 9.31. The van der Waals surface area contributed by atoms with Crippen LogP contribution in [0.5, 0.6) is 0 Å². The highest BCUT2D eigenvalue weighted by molar-refractivity contribution is 6.30. The van der Waals surface area contributed by atoms with Crippen molar-refractivity contribution in [3.05, 3.63) is 52.3 Å². The Bertz CT molecular complexity index is 995. The Morgan fingerprint density at radius 2 is 1.84 bits per heavy atom. The molecular formula is C23H31Cl3N4O2. The van der Waals surface area contributed by atoms with Crippen LogP contribution < -0.4 is 0 Å². The lowest BCUT2D eigenvalue weighted by Gasteiger charge is -2.38. The van der Waals surface area contributed by atoms with E-state index in [0.717, 1.165) is 66.9 Å². The Hall–Kier alpha value is -1.73. The molecule has 1 aromatic heterocycles. The van der Waals surface area contributed by atoms with E-state index < -0.39 is 11.4 Å². The Kier molecular flexibility index (Phi) is 8.68. The van der Waals surface area contributed by atoms with Crippen LogP contribution in [-0.4, -0.2) is 64.0 Å². The Morgan fingerprint density at radius 1 is 1.16 bits per heavy atom. The molecule has 2 aromatic rings. The van der Waals surface area contributed by atoms with Crippen molar-refractivity contribution in [1.82, 2.24) is 14.4 Å². The summed E-state index contributed by atoms with van der Waals surface area (Å²) in [4.78, 5) is 21.1. The summed E-state index contributed by atoms with van der Waals surface area (Å²) in [7, 11) is 0. The smallest absolute Gasteiger partial charge is 0.310 e. The first-order valence-corrected chi connectivity index (χ1v) is 10.9. The Morgan fingerprint density at radius 3 is 2.47 bits per heavy atom. The number of hydrogen-bond donors (Lipinski definition) is 1. The molecule has 0 radical (unpaired) electrons. The molecule has 0 amide bonds. The average molecular weight is 502 g/mol. The number of aliphatic imine (C=N–C) groups is 1. The lowest BCUT2D eigenvalue weighted by Crippen LogP contribution is -2.52. The van der Waals surface area contributed by atoms with Gasteiger partial charge in [0.25, 0.3) is 0 Å². The van der Waals surface area contributed by atoms with Gasteiger partial charge < -0.3 is 14.6 Å². The largest absolute Gasteiger partial charge is 0.481 e. The van der Waals surface area contributed by atoms with Gasteiger partial charge in [0, 0.05) is 50.5 Å². The van der Waals surface area contributed by atoms with Crippen molar-refractivity contribution >= 4 is 53.9 Å². The Balaban J connectivity index is 0.00000181. The number of halogens is 3. The van der Waals surface area contributed by atoms with Crippen LogP contribution in [0.2, 0.25) is 5.02 Å². The molecule has 1 aromatic carbocycles. The molecule has 4 rings (SSSR count). The number of piperazine rings is 1. The third-order valence-electron chi connectivity index (χ3n) is 6.07. The summed E-state index contributed by atoms with van der Waals surface area (Å²) in [6.45, 7) is 10.4. The number of carboxylic acid groups (broad SMARTS) is 1. The number of nitrogens with zero attached hydrogens (tertiary/aromatic N) is 4. The van der Waals surface area contributed by atoms with Crippen molar-refractivity contribution in [2.75, 3.05) is 32.7 Å². The summed E-state index contributed by atoms with van der Waals surface area (Å²) in [5.41, 5.74) is 3.78. The number of rotatable bonds is 4. The third-order valence-corrected chi connectivity index (χ3v) is 6.30. The quantitative estimate of drug-likeness (QED) is 0.659. The van der Waals surface area contributed by atoms with E-state index >= 15 is 0 Å². The molecule has 176 valence electrons. The van der Waals surface area contributed by atoms with E-state index in [2.05, 4.69) is 33.6 Å². The van der Waals surface area contributed by atoms with E-state index in [-0.39, 0.29) is 24.8 Å². The van der Waals surface area contributed by atoms with Crippen LogP contribution in [0.4, 0.5) is 5.69 Å². The van der Waals surface area contributed by atoms with Crippen LogP contribution in [0.3, 0.4) is 0 Å². The minimum Gasteiger partial charge on any atom is -0.481 e. The number of aromatic nitrogens is 1. The lowest BCUT2D eigenvalue weighted by atomic mass is 9.93. The monoisotopic (exact) mass is 500 g/mol. The molecule has 0 unspecified atom stereocenters. The zero-order chi connectivity index (χ0) is 21.5. The van der Waals surface area contributed by atoms with Gasteiger partial charge in [0.15, 0.2) is 5.84 Å². The summed E-state index contributed by atoms with van der Waals surface area (Å²) >= 11 is 6.25. The highest BCUT2D eigenvalue weighted by atomic mass is 35.5. The van der Waals surface area contributed by atoms with E-state index in [4.69, 9.17) is 16.6 Å². The van der Waals surface area contributed by atoms with Crippen molar-refractivity contribution in [2.24, 2.45) is 10.4 Å². The highest BCUT2D eigenvalue weighted by Gasteiger charge is 2.32. The lowest BCUT2D eigenvalue weighted by molar-refractivity contribution is -0.148. The molecule has 1 saturated heterocycles. The van der Waals surface area contributed by atoms with Crippen LogP contribution in [0.25, 0.3) is 0 Å². The molecule has 0 atom stereocenters. The van der Waals surface area contributed by atoms with Gasteiger partial charge in [-0.2, -0.15) is 0 Å². The maximum absolute atomic E-state index is 11.5. The fourth-order valence-corrected chi connectivity index (χ4v) is 4.40. The van der Waals surface area contributed by atoms with Crippen molar-refractivity contribution < 1.29 is 9.90 Å². The number of carbonyl (C=O) groups is 1. The first-order valence-electron chi connectivity index (χ1n) is 10.5. The predicted octanol–water partition coefficient (Wildman–Crippen LogP) is 4.72. The summed E-state index contributed by atoms with van der Waals surface area (Å²) < 4.78 is 2.28. The zero-order valence-corrected chi connectivity index (χ0v) is 21.1. The molecule has 0 spiro atoms. The molecule has 2 aliphatic heterocycles. The van der Waals surface area contributed by atoms with Gasteiger partial charge in [0.2, 0.25) is 0 Å². The van der Waals surface area contributed by atoms with E-state index in [1.165, 1.54) is 5.56 Å². The number of aliphatic carboxylic acids is 1. The van der Waals surface area contributed by atoms with Gasteiger partial charge in [-0.05, 0) is 55.7 Å². The molecule has 6 nitrogen and oxygen atoms in total. The molecule has 0 aliphatic carbocycles. The van der Waals surface area contributed by atoms with Crippen LogP contribution in [0, 0.1) is 5.41 Å². The number of fused-ring (bicyclic) bond motifs is 2. The van der Waals surface area contributed by atoms with E-state index in [0.29, 0.717) is 6.54 Å². The van der Waals surface area contributed by atoms with E-state index in [1.54, 1.807) is 13.8 Å². The predicted molar refractivity (Wildman–Crippen MR) is 134 cm³/mol. The minimum atomic E-state index is -0.752. The maximum atomic E-state index is 11.5. The molecule has 3 heterocycles. The summed E-state index contributed by atoms with van der Waals surface area (Å²) in [5.74, 6) is 0.242. The number of amidine groups is 1.